The van der Waals surface area contributed by atoms with Gasteiger partial charge in [-0.15, -0.1) is 0 Å². The van der Waals surface area contributed by atoms with Gasteiger partial charge in [-0.25, -0.2) is 0 Å². The number of hydrogen-bond donors (Lipinski definition) is 0. The zero-order chi connectivity index (χ0) is 12.3. The molecule has 94 valence electrons. The van der Waals surface area contributed by atoms with E-state index < -0.39 is 0 Å². The predicted molar refractivity (Wildman–Crippen MR) is 76.4 cm³/mol. The number of hydrogen-bond acceptors (Lipinski definition) is 1. The molecular formula is C16H24LiN. The standard InChI is InChI=1S/C16H23N.Li.H/c1-13(2)15-7-6-8-16(11-15)14(3)12-17-9-4-5-10-17;;/h6-8,11,14H,1,4-5,9-10,12H2,2-3H3;;/q;+1;-1. The maximum atomic E-state index is 4.02. The first-order chi connectivity index (χ1) is 8.16. The molecule has 0 aliphatic carbocycles. The van der Waals surface area contributed by atoms with E-state index in [1.165, 1.54) is 43.6 Å². The Bertz CT molecular complexity index is 399. The molecule has 1 fully saturated rings. The van der Waals surface area contributed by atoms with Gasteiger partial charge < -0.3 is 6.33 Å². The fraction of sp³-hybridized carbons (Fsp3) is 0.500. The van der Waals surface area contributed by atoms with E-state index in [1.807, 2.05) is 0 Å². The van der Waals surface area contributed by atoms with Gasteiger partial charge in [-0.05, 0) is 49.9 Å². The van der Waals surface area contributed by atoms with Crippen LogP contribution in [-0.4, -0.2) is 24.5 Å². The molecule has 1 aliphatic heterocycles. The molecular weight excluding hydrogens is 213 g/mol. The first kappa shape index (κ1) is 15.6. The molecule has 1 aromatic rings. The Morgan fingerprint density at radius 1 is 1.39 bits per heavy atom. The summed E-state index contributed by atoms with van der Waals surface area (Å²) in [5, 5.41) is 0. The van der Waals surface area contributed by atoms with Gasteiger partial charge in [-0.1, -0.05) is 43.3 Å². The third-order valence-corrected chi connectivity index (χ3v) is 3.68. The summed E-state index contributed by atoms with van der Waals surface area (Å²) >= 11 is 0. The third kappa shape index (κ3) is 4.02. The molecule has 1 saturated heterocycles. The summed E-state index contributed by atoms with van der Waals surface area (Å²) in [5.41, 5.74) is 3.87. The molecule has 18 heavy (non-hydrogen) atoms. The number of benzene rings is 1. The van der Waals surface area contributed by atoms with Gasteiger partial charge in [-0.3, -0.25) is 0 Å². The molecule has 1 heterocycles. The number of likely N-dealkylation sites (tertiary alicyclic amines) is 1. The van der Waals surface area contributed by atoms with Crippen LogP contribution in [0.1, 0.15) is 45.2 Å². The Morgan fingerprint density at radius 2 is 2.06 bits per heavy atom. The predicted octanol–water partition coefficient (Wildman–Crippen LogP) is 1.04. The van der Waals surface area contributed by atoms with Gasteiger partial charge in [0.25, 0.3) is 0 Å². The van der Waals surface area contributed by atoms with Crippen molar-refractivity contribution in [2.45, 2.75) is 32.6 Å². The molecule has 0 spiro atoms. The van der Waals surface area contributed by atoms with Crippen molar-refractivity contribution in [1.29, 1.82) is 0 Å². The first-order valence-corrected chi connectivity index (χ1v) is 6.65. The summed E-state index contributed by atoms with van der Waals surface area (Å²) in [6.45, 7) is 12.2. The quantitative estimate of drug-likeness (QED) is 0.707. The summed E-state index contributed by atoms with van der Waals surface area (Å²) in [6.07, 6.45) is 2.75. The van der Waals surface area contributed by atoms with Crippen molar-refractivity contribution in [3.8, 4) is 0 Å². The van der Waals surface area contributed by atoms with Gasteiger partial charge in [0.15, 0.2) is 0 Å². The fourth-order valence-corrected chi connectivity index (χ4v) is 2.57. The Labute approximate surface area is 125 Å². The molecule has 0 radical (unpaired) electrons. The minimum absolute atomic E-state index is 0. The maximum Gasteiger partial charge on any atom is 1.00 e. The van der Waals surface area contributed by atoms with E-state index in [9.17, 15) is 0 Å². The SMILES string of the molecule is C=C(C)c1cccc(C(C)CN2CCCC2)c1.[H-].[Li+]. The average molecular weight is 237 g/mol. The van der Waals surface area contributed by atoms with Crippen molar-refractivity contribution >= 4 is 5.57 Å². The minimum Gasteiger partial charge on any atom is -1.00 e. The molecule has 0 N–H and O–H groups in total. The van der Waals surface area contributed by atoms with Crippen molar-refractivity contribution in [2.75, 3.05) is 19.6 Å². The Hall–Kier alpha value is -0.483. The summed E-state index contributed by atoms with van der Waals surface area (Å²) in [6, 6.07) is 8.84. The summed E-state index contributed by atoms with van der Waals surface area (Å²) in [4.78, 5) is 2.58. The van der Waals surface area contributed by atoms with Crippen LogP contribution in [0.25, 0.3) is 5.57 Å². The zero-order valence-corrected chi connectivity index (χ0v) is 12.1. The van der Waals surface area contributed by atoms with Gasteiger partial charge in [0.2, 0.25) is 0 Å². The van der Waals surface area contributed by atoms with Crippen LogP contribution in [0.5, 0.6) is 0 Å². The van der Waals surface area contributed by atoms with Crippen molar-refractivity contribution in [3.05, 3.63) is 42.0 Å². The van der Waals surface area contributed by atoms with Crippen LogP contribution in [0.15, 0.2) is 30.8 Å². The van der Waals surface area contributed by atoms with Gasteiger partial charge >= 0.3 is 18.9 Å². The first-order valence-electron chi connectivity index (χ1n) is 6.65. The van der Waals surface area contributed by atoms with Crippen molar-refractivity contribution < 1.29 is 20.3 Å². The minimum atomic E-state index is 0. The average Bonchev–Trinajstić information content (AvgIpc) is 2.82. The van der Waals surface area contributed by atoms with E-state index >= 15 is 0 Å². The molecule has 0 amide bonds. The largest absolute Gasteiger partial charge is 1.00 e. The Morgan fingerprint density at radius 3 is 2.67 bits per heavy atom. The number of allylic oxidation sites excluding steroid dienone is 1. The molecule has 2 heteroatoms. The van der Waals surface area contributed by atoms with Gasteiger partial charge in [0, 0.05) is 6.54 Å². The molecule has 1 aliphatic rings. The summed E-state index contributed by atoms with van der Waals surface area (Å²) < 4.78 is 0. The van der Waals surface area contributed by atoms with E-state index in [1.54, 1.807) is 0 Å². The Balaban J connectivity index is 0.00000162. The second-order valence-electron chi connectivity index (χ2n) is 5.31. The van der Waals surface area contributed by atoms with Crippen molar-refractivity contribution in [2.24, 2.45) is 0 Å². The van der Waals surface area contributed by atoms with Crippen LogP contribution in [0, 0.1) is 0 Å². The smallest absolute Gasteiger partial charge is 1.00 e. The Kier molecular flexibility index (Phi) is 6.22. The molecule has 1 aromatic carbocycles. The van der Waals surface area contributed by atoms with E-state index in [-0.39, 0.29) is 20.3 Å². The monoisotopic (exact) mass is 237 g/mol. The topological polar surface area (TPSA) is 3.24 Å². The van der Waals surface area contributed by atoms with Crippen molar-refractivity contribution in [1.82, 2.24) is 4.90 Å². The second-order valence-corrected chi connectivity index (χ2v) is 5.31. The molecule has 2 rings (SSSR count). The fourth-order valence-electron chi connectivity index (χ4n) is 2.57. The van der Waals surface area contributed by atoms with Crippen LogP contribution in [-0.2, 0) is 0 Å². The molecule has 0 aromatic heterocycles. The third-order valence-electron chi connectivity index (χ3n) is 3.68. The van der Waals surface area contributed by atoms with Crippen LogP contribution >= 0.6 is 0 Å². The number of rotatable bonds is 4. The van der Waals surface area contributed by atoms with Gasteiger partial charge in [-0.2, -0.15) is 0 Å². The molecule has 0 bridgehead atoms. The van der Waals surface area contributed by atoms with Crippen LogP contribution in [0.3, 0.4) is 0 Å². The van der Waals surface area contributed by atoms with Crippen molar-refractivity contribution in [3.63, 3.8) is 0 Å². The van der Waals surface area contributed by atoms with Crippen LogP contribution in [0.4, 0.5) is 0 Å². The number of nitrogens with zero attached hydrogens (tertiary/aromatic N) is 1. The van der Waals surface area contributed by atoms with Crippen LogP contribution < -0.4 is 18.9 Å². The second kappa shape index (κ2) is 7.19. The zero-order valence-electron chi connectivity index (χ0n) is 13.1. The summed E-state index contributed by atoms with van der Waals surface area (Å²) in [7, 11) is 0. The maximum absolute atomic E-state index is 4.02. The molecule has 1 atom stereocenters. The van der Waals surface area contributed by atoms with E-state index in [0.29, 0.717) is 5.92 Å². The molecule has 1 nitrogen and oxygen atoms in total. The van der Waals surface area contributed by atoms with Gasteiger partial charge in [0.1, 0.15) is 0 Å². The van der Waals surface area contributed by atoms with Crippen LogP contribution in [0.2, 0.25) is 0 Å². The van der Waals surface area contributed by atoms with E-state index in [0.717, 1.165) is 5.57 Å². The molecule has 1 unspecified atom stereocenters. The van der Waals surface area contributed by atoms with E-state index in [4.69, 9.17) is 0 Å². The normalized spacial score (nSPS) is 17.2. The summed E-state index contributed by atoms with van der Waals surface area (Å²) in [5.74, 6) is 0.618. The van der Waals surface area contributed by atoms with Gasteiger partial charge in [0.05, 0.1) is 0 Å². The molecule has 0 saturated carbocycles. The van der Waals surface area contributed by atoms with E-state index in [2.05, 4.69) is 49.6 Å².